The zero-order valence-corrected chi connectivity index (χ0v) is 19.9. The molecule has 1 aliphatic carbocycles. The first-order chi connectivity index (χ1) is 14.3. The molecule has 5 nitrogen and oxygen atoms in total. The average Bonchev–Trinajstić information content (AvgIpc) is 2.99. The van der Waals surface area contributed by atoms with E-state index in [1.54, 1.807) is 7.11 Å². The van der Waals surface area contributed by atoms with E-state index >= 15 is 0 Å². The van der Waals surface area contributed by atoms with E-state index in [1.165, 1.54) is 19.3 Å². The summed E-state index contributed by atoms with van der Waals surface area (Å²) in [6.45, 7) is 6.80. The summed E-state index contributed by atoms with van der Waals surface area (Å²) in [5.41, 5.74) is -0.0591. The molecule has 0 heterocycles. The van der Waals surface area contributed by atoms with Crippen molar-refractivity contribution in [3.8, 4) is 0 Å². The van der Waals surface area contributed by atoms with Gasteiger partial charge in [0.05, 0.1) is 19.1 Å². The fourth-order valence-electron chi connectivity index (χ4n) is 4.88. The van der Waals surface area contributed by atoms with Crippen molar-refractivity contribution in [2.45, 2.75) is 110 Å². The van der Waals surface area contributed by atoms with Gasteiger partial charge in [-0.15, -0.1) is 0 Å². The lowest BCUT2D eigenvalue weighted by molar-refractivity contribution is -0.145. The Morgan fingerprint density at radius 3 is 2.30 bits per heavy atom. The van der Waals surface area contributed by atoms with Crippen molar-refractivity contribution < 1.29 is 24.2 Å². The van der Waals surface area contributed by atoms with Gasteiger partial charge in [-0.3, -0.25) is 9.59 Å². The molecule has 3 atom stereocenters. The number of hydrogen-bond donors (Lipinski definition) is 1. The highest BCUT2D eigenvalue weighted by atomic mass is 16.5. The lowest BCUT2D eigenvalue weighted by Gasteiger charge is -2.25. The smallest absolute Gasteiger partial charge is 0.306 e. The Morgan fingerprint density at radius 1 is 1.03 bits per heavy atom. The summed E-state index contributed by atoms with van der Waals surface area (Å²) < 4.78 is 10.7. The standard InChI is InChI=1S/C25H46O5/c1-5-30-24(28)19-25(2,3)16-12-11-14-20-21(23(29-4)18-22(20)27)15-10-8-6-7-9-13-17-26/h20-21,23,26H,5-19H2,1-4H3/t20-,21-,23-/m1/s1. The minimum Gasteiger partial charge on any atom is -0.466 e. The van der Waals surface area contributed by atoms with Gasteiger partial charge < -0.3 is 14.6 Å². The first kappa shape index (κ1) is 27.1. The summed E-state index contributed by atoms with van der Waals surface area (Å²) in [5.74, 6) is 0.749. The molecule has 0 bridgehead atoms. The number of methoxy groups -OCH3 is 1. The molecule has 0 radical (unpaired) electrons. The Bertz CT molecular complexity index is 488. The third-order valence-electron chi connectivity index (χ3n) is 6.61. The summed E-state index contributed by atoms with van der Waals surface area (Å²) in [6, 6.07) is 0. The van der Waals surface area contributed by atoms with E-state index in [4.69, 9.17) is 14.6 Å². The second kappa shape index (κ2) is 15.0. The molecule has 0 saturated heterocycles. The van der Waals surface area contributed by atoms with Gasteiger partial charge >= 0.3 is 5.97 Å². The van der Waals surface area contributed by atoms with Crippen LogP contribution in [-0.2, 0) is 19.1 Å². The first-order valence-corrected chi connectivity index (χ1v) is 12.2. The number of aliphatic hydroxyl groups excluding tert-OH is 1. The molecule has 0 aliphatic heterocycles. The average molecular weight is 427 g/mol. The minimum absolute atomic E-state index is 0.0591. The predicted molar refractivity (Wildman–Crippen MR) is 120 cm³/mol. The normalized spacial score (nSPS) is 21.9. The van der Waals surface area contributed by atoms with Crippen LogP contribution in [0, 0.1) is 17.3 Å². The van der Waals surface area contributed by atoms with Crippen molar-refractivity contribution in [2.75, 3.05) is 20.3 Å². The van der Waals surface area contributed by atoms with Gasteiger partial charge in [0.2, 0.25) is 0 Å². The Morgan fingerprint density at radius 2 is 1.67 bits per heavy atom. The number of ether oxygens (including phenoxy) is 2. The van der Waals surface area contributed by atoms with E-state index in [-0.39, 0.29) is 23.4 Å². The van der Waals surface area contributed by atoms with Crippen molar-refractivity contribution in [2.24, 2.45) is 17.3 Å². The lowest BCUT2D eigenvalue weighted by atomic mass is 9.81. The number of Topliss-reactive ketones (excluding diaryl/α,β-unsaturated/α-hetero) is 1. The highest BCUT2D eigenvalue weighted by Gasteiger charge is 2.41. The van der Waals surface area contributed by atoms with Gasteiger partial charge in [0.1, 0.15) is 5.78 Å². The molecule has 1 saturated carbocycles. The predicted octanol–water partition coefficient (Wildman–Crippen LogP) is 5.47. The van der Waals surface area contributed by atoms with Gasteiger partial charge in [-0.2, -0.15) is 0 Å². The molecule has 0 aromatic heterocycles. The number of aliphatic hydroxyl groups is 1. The van der Waals surface area contributed by atoms with E-state index in [9.17, 15) is 9.59 Å². The maximum atomic E-state index is 12.6. The Kier molecular flexibility index (Phi) is 13.5. The van der Waals surface area contributed by atoms with Gasteiger partial charge in [0, 0.05) is 26.1 Å². The minimum atomic E-state index is -0.118. The van der Waals surface area contributed by atoms with Crippen molar-refractivity contribution in [1.82, 2.24) is 0 Å². The summed E-state index contributed by atoms with van der Waals surface area (Å²) in [5, 5.41) is 8.85. The number of hydrogen-bond acceptors (Lipinski definition) is 5. The first-order valence-electron chi connectivity index (χ1n) is 12.2. The maximum Gasteiger partial charge on any atom is 0.306 e. The molecule has 5 heteroatoms. The van der Waals surface area contributed by atoms with Crippen LogP contribution in [0.15, 0.2) is 0 Å². The van der Waals surface area contributed by atoms with Gasteiger partial charge in [-0.25, -0.2) is 0 Å². The number of carbonyl (C=O) groups excluding carboxylic acids is 2. The van der Waals surface area contributed by atoms with E-state index < -0.39 is 0 Å². The van der Waals surface area contributed by atoms with Crippen LogP contribution in [-0.4, -0.2) is 43.3 Å². The highest BCUT2D eigenvalue weighted by molar-refractivity contribution is 5.84. The lowest BCUT2D eigenvalue weighted by Crippen LogP contribution is -2.22. The molecule has 176 valence electrons. The van der Waals surface area contributed by atoms with Crippen LogP contribution in [0.5, 0.6) is 0 Å². The summed E-state index contributed by atoms with van der Waals surface area (Å²) in [7, 11) is 1.74. The Labute approximate surface area is 184 Å². The molecule has 0 aromatic rings. The second-order valence-corrected chi connectivity index (χ2v) is 9.74. The molecule has 0 spiro atoms. The molecule has 1 N–H and O–H groups in total. The zero-order chi connectivity index (χ0) is 22.4. The van der Waals surface area contributed by atoms with Crippen molar-refractivity contribution in [3.63, 3.8) is 0 Å². The number of unbranched alkanes of at least 4 members (excludes halogenated alkanes) is 6. The maximum absolute atomic E-state index is 12.6. The number of rotatable bonds is 17. The fourth-order valence-corrected chi connectivity index (χ4v) is 4.88. The van der Waals surface area contributed by atoms with Crippen molar-refractivity contribution >= 4 is 11.8 Å². The van der Waals surface area contributed by atoms with Crippen LogP contribution in [0.2, 0.25) is 0 Å². The number of carbonyl (C=O) groups is 2. The highest BCUT2D eigenvalue weighted by Crippen LogP contribution is 2.38. The third kappa shape index (κ3) is 10.4. The van der Waals surface area contributed by atoms with Crippen LogP contribution < -0.4 is 0 Å². The van der Waals surface area contributed by atoms with Gasteiger partial charge in [0.15, 0.2) is 0 Å². The largest absolute Gasteiger partial charge is 0.466 e. The fraction of sp³-hybridized carbons (Fsp3) is 0.920. The van der Waals surface area contributed by atoms with Crippen LogP contribution in [0.1, 0.15) is 104 Å². The quantitative estimate of drug-likeness (QED) is 0.247. The van der Waals surface area contributed by atoms with E-state index in [2.05, 4.69) is 13.8 Å². The summed E-state index contributed by atoms with van der Waals surface area (Å²) in [6.07, 6.45) is 12.9. The van der Waals surface area contributed by atoms with Crippen molar-refractivity contribution in [1.29, 1.82) is 0 Å². The molecular formula is C25H46O5. The van der Waals surface area contributed by atoms with Gasteiger partial charge in [0.25, 0.3) is 0 Å². The molecule has 0 amide bonds. The monoisotopic (exact) mass is 426 g/mol. The summed E-state index contributed by atoms with van der Waals surface area (Å²) >= 11 is 0. The van der Waals surface area contributed by atoms with E-state index in [0.29, 0.717) is 37.8 Å². The van der Waals surface area contributed by atoms with Crippen LogP contribution in [0.4, 0.5) is 0 Å². The third-order valence-corrected chi connectivity index (χ3v) is 6.61. The Balaban J connectivity index is 2.38. The molecule has 30 heavy (non-hydrogen) atoms. The number of ketones is 1. The topological polar surface area (TPSA) is 72.8 Å². The van der Waals surface area contributed by atoms with Gasteiger partial charge in [-0.1, -0.05) is 58.8 Å². The van der Waals surface area contributed by atoms with Crippen LogP contribution in [0.3, 0.4) is 0 Å². The van der Waals surface area contributed by atoms with Crippen molar-refractivity contribution in [3.05, 3.63) is 0 Å². The Hall–Kier alpha value is -0.940. The van der Waals surface area contributed by atoms with Crippen LogP contribution in [0.25, 0.3) is 0 Å². The summed E-state index contributed by atoms with van der Waals surface area (Å²) in [4.78, 5) is 24.4. The van der Waals surface area contributed by atoms with E-state index in [0.717, 1.165) is 51.4 Å². The molecule has 1 rings (SSSR count). The molecular weight excluding hydrogens is 380 g/mol. The SMILES string of the molecule is CCOC(=O)CC(C)(C)CCCC[C@H]1C(=O)C[C@@H](OC)[C@@H]1CCCCCCCCO. The number of esters is 1. The van der Waals surface area contributed by atoms with E-state index in [1.807, 2.05) is 6.92 Å². The van der Waals surface area contributed by atoms with Gasteiger partial charge in [-0.05, 0) is 43.9 Å². The molecule has 1 fully saturated rings. The zero-order valence-electron chi connectivity index (χ0n) is 19.9. The second-order valence-electron chi connectivity index (χ2n) is 9.74. The molecule has 1 aliphatic rings. The van der Waals surface area contributed by atoms with Crippen LogP contribution >= 0.6 is 0 Å². The molecule has 0 aromatic carbocycles. The molecule has 0 unspecified atom stereocenters.